The second kappa shape index (κ2) is 6.29. The molecule has 1 aromatic carbocycles. The number of hydrogen-bond donors (Lipinski definition) is 3. The molecule has 0 bridgehead atoms. The summed E-state index contributed by atoms with van der Waals surface area (Å²) in [4.78, 5) is 12.0. The lowest BCUT2D eigenvalue weighted by Crippen LogP contribution is -2.46. The summed E-state index contributed by atoms with van der Waals surface area (Å²) in [6.07, 6.45) is 2.22. The molecule has 1 unspecified atom stereocenters. The lowest BCUT2D eigenvalue weighted by atomic mass is 10.1. The molecule has 6 nitrogen and oxygen atoms in total. The number of hydrazone groups is 1. The molecule has 23 heavy (non-hydrogen) atoms. The highest BCUT2D eigenvalue weighted by Gasteiger charge is 2.34. The van der Waals surface area contributed by atoms with Gasteiger partial charge in [-0.2, -0.15) is 10.2 Å². The Morgan fingerprint density at radius 2 is 2.13 bits per heavy atom. The van der Waals surface area contributed by atoms with Crippen LogP contribution in [0.3, 0.4) is 0 Å². The first kappa shape index (κ1) is 15.4. The second-order valence-corrected chi connectivity index (χ2v) is 5.51. The normalized spacial score (nSPS) is 20.6. The number of benzene rings is 1. The molecule has 2 heterocycles. The quantitative estimate of drug-likeness (QED) is 0.743. The van der Waals surface area contributed by atoms with E-state index in [-0.39, 0.29) is 17.0 Å². The fraction of sp³-hybridized carbons (Fsp3) is 0.200. The third kappa shape index (κ3) is 3.14. The lowest BCUT2D eigenvalue weighted by molar-refractivity contribution is 0.0167. The van der Waals surface area contributed by atoms with E-state index in [1.165, 1.54) is 6.08 Å². The van der Waals surface area contributed by atoms with Gasteiger partial charge in [0.25, 0.3) is 0 Å². The van der Waals surface area contributed by atoms with Crippen molar-refractivity contribution in [1.29, 1.82) is 0 Å². The van der Waals surface area contributed by atoms with Gasteiger partial charge in [-0.3, -0.25) is 10.7 Å². The Kier molecular flexibility index (Phi) is 4.20. The first-order chi connectivity index (χ1) is 11.1. The first-order valence-electron chi connectivity index (χ1n) is 7.04. The number of fused-ring (bicyclic) bond motifs is 1. The van der Waals surface area contributed by atoms with Crippen LogP contribution in [0.5, 0.6) is 0 Å². The van der Waals surface area contributed by atoms with Crippen LogP contribution in [0.25, 0.3) is 0 Å². The van der Waals surface area contributed by atoms with E-state index in [1.807, 2.05) is 37.3 Å². The van der Waals surface area contributed by atoms with Gasteiger partial charge >= 0.3 is 6.03 Å². The van der Waals surface area contributed by atoms with E-state index < -0.39 is 12.2 Å². The molecule has 2 amide bonds. The summed E-state index contributed by atoms with van der Waals surface area (Å²) < 4.78 is 14.3. The highest BCUT2D eigenvalue weighted by Crippen LogP contribution is 2.25. The van der Waals surface area contributed by atoms with Gasteiger partial charge in [0.15, 0.2) is 11.3 Å². The van der Waals surface area contributed by atoms with Crippen molar-refractivity contribution >= 4 is 22.8 Å². The molecule has 0 radical (unpaired) electrons. The van der Waals surface area contributed by atoms with Gasteiger partial charge in [0, 0.05) is 5.57 Å². The number of rotatable bonds is 3. The van der Waals surface area contributed by atoms with Gasteiger partial charge < -0.3 is 5.32 Å². The van der Waals surface area contributed by atoms with E-state index >= 15 is 0 Å². The van der Waals surface area contributed by atoms with Crippen LogP contribution in [0.4, 0.5) is 9.28 Å². The third-order valence-corrected chi connectivity index (χ3v) is 3.89. The molecule has 3 rings (SSSR count). The Balaban J connectivity index is 1.63. The fourth-order valence-electron chi connectivity index (χ4n) is 2.35. The zero-order chi connectivity index (χ0) is 16.4. The van der Waals surface area contributed by atoms with Crippen molar-refractivity contribution in [1.82, 2.24) is 21.2 Å². The Labute approximate surface area is 137 Å². The summed E-state index contributed by atoms with van der Waals surface area (Å²) >= 11 is 5.84. The summed E-state index contributed by atoms with van der Waals surface area (Å²) in [7, 11) is 0. The maximum Gasteiger partial charge on any atom is 0.320 e. The number of hydrogen-bond acceptors (Lipinski definition) is 4. The summed E-state index contributed by atoms with van der Waals surface area (Å²) in [5.74, 6) is 0.00517. The van der Waals surface area contributed by atoms with Gasteiger partial charge in [-0.05, 0) is 24.6 Å². The van der Waals surface area contributed by atoms with Crippen LogP contribution in [-0.2, 0) is 0 Å². The van der Waals surface area contributed by atoms with E-state index in [1.54, 1.807) is 6.08 Å². The molecule has 2 aliphatic rings. The zero-order valence-corrected chi connectivity index (χ0v) is 13.0. The van der Waals surface area contributed by atoms with Crippen molar-refractivity contribution in [2.75, 3.05) is 0 Å². The minimum atomic E-state index is -0.825. The molecule has 0 saturated heterocycles. The van der Waals surface area contributed by atoms with Crippen molar-refractivity contribution in [3.8, 4) is 0 Å². The maximum absolute atomic E-state index is 14.3. The highest BCUT2D eigenvalue weighted by atomic mass is 35.5. The van der Waals surface area contributed by atoms with Crippen LogP contribution in [-0.4, -0.2) is 22.5 Å². The van der Waals surface area contributed by atoms with Crippen LogP contribution in [0.1, 0.15) is 18.5 Å². The summed E-state index contributed by atoms with van der Waals surface area (Å²) in [5.41, 5.74) is 4.02. The average molecular weight is 336 g/mol. The van der Waals surface area contributed by atoms with E-state index in [9.17, 15) is 9.28 Å². The molecule has 2 atom stereocenters. The predicted octanol–water partition coefficient (Wildman–Crippen LogP) is 2.50. The van der Waals surface area contributed by atoms with Crippen LogP contribution in [0.2, 0.25) is 0 Å². The van der Waals surface area contributed by atoms with Gasteiger partial charge in [0.1, 0.15) is 5.82 Å². The van der Waals surface area contributed by atoms with E-state index in [2.05, 4.69) is 21.2 Å². The molecule has 0 fully saturated rings. The topological polar surface area (TPSA) is 68.8 Å². The number of nitrogens with zero attached hydrogens (tertiary/aromatic N) is 2. The number of urea groups is 1. The zero-order valence-electron chi connectivity index (χ0n) is 12.3. The highest BCUT2D eigenvalue weighted by molar-refractivity contribution is 6.70. The van der Waals surface area contributed by atoms with Crippen molar-refractivity contribution in [3.63, 3.8) is 0 Å². The molecular weight excluding hydrogens is 321 g/mol. The Hall–Kier alpha value is -2.54. The molecule has 3 N–H and O–H groups in total. The molecule has 0 aromatic heterocycles. The summed E-state index contributed by atoms with van der Waals surface area (Å²) in [6, 6.07) is 8.78. The number of nitrogens with one attached hydrogen (secondary N) is 3. The minimum Gasteiger partial charge on any atom is -0.331 e. The van der Waals surface area contributed by atoms with Crippen molar-refractivity contribution in [2.45, 2.75) is 19.1 Å². The number of carbonyl (C=O) groups is 1. The average Bonchev–Trinajstić information content (AvgIpc) is 2.93. The number of amides is 2. The molecule has 120 valence electrons. The predicted molar refractivity (Wildman–Crippen MR) is 85.8 cm³/mol. The van der Waals surface area contributed by atoms with Crippen molar-refractivity contribution in [2.24, 2.45) is 5.10 Å². The molecule has 2 aliphatic heterocycles. The van der Waals surface area contributed by atoms with E-state index in [0.717, 1.165) is 5.56 Å². The molecule has 0 saturated carbocycles. The smallest absolute Gasteiger partial charge is 0.320 e. The van der Waals surface area contributed by atoms with Crippen LogP contribution in [0, 0.1) is 0 Å². The standard InChI is InChI=1S/C15H15ClFN5O/c1-9(10-5-3-2-4-6-10)18-15(23)19-12-8-7-11-13(16)20-21-14(11)22(12)17/h2-9,14,21H,1H3,(H2,18,19,23)/t9?,14-/m1/s1. The van der Waals surface area contributed by atoms with Crippen LogP contribution >= 0.6 is 11.6 Å². The van der Waals surface area contributed by atoms with Gasteiger partial charge in [0.2, 0.25) is 0 Å². The third-order valence-electron chi connectivity index (χ3n) is 3.58. The monoisotopic (exact) mass is 335 g/mol. The SMILES string of the molecule is CC(NC(=O)NC1=CC=C2C(Cl)=NN[C@@H]2N1F)c1ccccc1. The van der Waals surface area contributed by atoms with Crippen molar-refractivity contribution in [3.05, 3.63) is 59.4 Å². The molecule has 0 aliphatic carbocycles. The van der Waals surface area contributed by atoms with Crippen LogP contribution in [0.15, 0.2) is 59.0 Å². The molecule has 8 heteroatoms. The minimum absolute atomic E-state index is 0.00517. The Bertz CT molecular complexity index is 703. The van der Waals surface area contributed by atoms with E-state index in [0.29, 0.717) is 10.7 Å². The van der Waals surface area contributed by atoms with Crippen LogP contribution < -0.4 is 16.1 Å². The van der Waals surface area contributed by atoms with Crippen molar-refractivity contribution < 1.29 is 9.28 Å². The Morgan fingerprint density at radius 1 is 1.39 bits per heavy atom. The van der Waals surface area contributed by atoms with Gasteiger partial charge in [-0.1, -0.05) is 46.4 Å². The fourth-order valence-corrected chi connectivity index (χ4v) is 2.56. The largest absolute Gasteiger partial charge is 0.331 e. The first-order valence-corrected chi connectivity index (χ1v) is 7.42. The summed E-state index contributed by atoms with van der Waals surface area (Å²) in [5, 5.41) is 9.57. The number of carbonyl (C=O) groups excluding carboxylic acids is 1. The van der Waals surface area contributed by atoms with Gasteiger partial charge in [0.05, 0.1) is 6.04 Å². The van der Waals surface area contributed by atoms with E-state index in [4.69, 9.17) is 11.6 Å². The number of halogens is 2. The maximum atomic E-state index is 14.3. The summed E-state index contributed by atoms with van der Waals surface area (Å²) in [6.45, 7) is 1.85. The lowest BCUT2D eigenvalue weighted by Gasteiger charge is -2.27. The molecule has 1 aromatic rings. The Morgan fingerprint density at radius 3 is 2.87 bits per heavy atom. The van der Waals surface area contributed by atoms with Gasteiger partial charge in [-0.15, -0.1) is 0 Å². The molecular formula is C15H15ClFN5O. The second-order valence-electron chi connectivity index (χ2n) is 5.15. The van der Waals surface area contributed by atoms with Gasteiger partial charge in [-0.25, -0.2) is 4.79 Å². The number of allylic oxidation sites excluding steroid dienone is 2. The molecule has 0 spiro atoms.